The van der Waals surface area contributed by atoms with Gasteiger partial charge in [-0.15, -0.1) is 0 Å². The highest BCUT2D eigenvalue weighted by Crippen LogP contribution is 2.07. The number of hydrogen-bond donors (Lipinski definition) is 1. The van der Waals surface area contributed by atoms with E-state index in [9.17, 15) is 0 Å². The lowest BCUT2D eigenvalue weighted by Crippen LogP contribution is -2.03. The molecule has 60 valence electrons. The van der Waals surface area contributed by atoms with Crippen molar-refractivity contribution >= 4 is 27.7 Å². The van der Waals surface area contributed by atoms with E-state index in [-0.39, 0.29) is 0 Å². The van der Waals surface area contributed by atoms with Crippen LogP contribution in [0.3, 0.4) is 0 Å². The molecule has 3 heteroatoms. The number of hydrogen-bond acceptors (Lipinski definition) is 1. The third-order valence-corrected chi connectivity index (χ3v) is 1.89. The molecule has 0 spiro atoms. The number of rotatable bonds is 5. The normalized spacial score (nSPS) is 12.1. The van der Waals surface area contributed by atoms with Crippen molar-refractivity contribution in [3.63, 3.8) is 0 Å². The van der Waals surface area contributed by atoms with E-state index in [0.29, 0.717) is 0 Å². The SMILES string of the molecule is CCCCC(=CCl)CNBr. The zero-order valence-electron chi connectivity index (χ0n) is 6.16. The molecule has 0 aromatic heterocycles. The van der Waals surface area contributed by atoms with Gasteiger partial charge in [0.15, 0.2) is 0 Å². The van der Waals surface area contributed by atoms with Crippen LogP contribution in [0.5, 0.6) is 0 Å². The Kier molecular flexibility index (Phi) is 7.93. The lowest BCUT2D eigenvalue weighted by molar-refractivity contribution is 0.770. The van der Waals surface area contributed by atoms with E-state index in [0.717, 1.165) is 13.0 Å². The molecule has 0 aromatic rings. The Balaban J connectivity index is 3.41. The molecule has 1 N–H and O–H groups in total. The molecule has 0 saturated carbocycles. The minimum atomic E-state index is 0.837. The van der Waals surface area contributed by atoms with Crippen molar-refractivity contribution in [2.45, 2.75) is 26.2 Å². The zero-order valence-corrected chi connectivity index (χ0v) is 8.50. The monoisotopic (exact) mass is 225 g/mol. The quantitative estimate of drug-likeness (QED) is 0.710. The summed E-state index contributed by atoms with van der Waals surface area (Å²) in [5.74, 6) is 0. The lowest BCUT2D eigenvalue weighted by Gasteiger charge is -2.01. The third-order valence-electron chi connectivity index (χ3n) is 1.30. The fourth-order valence-electron chi connectivity index (χ4n) is 0.671. The van der Waals surface area contributed by atoms with Crippen LogP contribution < -0.4 is 4.34 Å². The molecule has 10 heavy (non-hydrogen) atoms. The van der Waals surface area contributed by atoms with Crippen LogP contribution in [0.2, 0.25) is 0 Å². The molecule has 0 rings (SSSR count). The third kappa shape index (κ3) is 5.27. The lowest BCUT2D eigenvalue weighted by atomic mass is 10.1. The Morgan fingerprint density at radius 1 is 1.70 bits per heavy atom. The van der Waals surface area contributed by atoms with Gasteiger partial charge in [0.1, 0.15) is 0 Å². The van der Waals surface area contributed by atoms with E-state index in [1.807, 2.05) is 0 Å². The minimum absolute atomic E-state index is 0.837. The van der Waals surface area contributed by atoms with Crippen molar-refractivity contribution in [2.75, 3.05) is 6.54 Å². The Bertz CT molecular complexity index is 104. The van der Waals surface area contributed by atoms with Gasteiger partial charge >= 0.3 is 0 Å². The molecule has 1 nitrogen and oxygen atoms in total. The smallest absolute Gasteiger partial charge is 0.0283 e. The van der Waals surface area contributed by atoms with Crippen LogP contribution in [0, 0.1) is 0 Å². The highest BCUT2D eigenvalue weighted by Gasteiger charge is 1.93. The van der Waals surface area contributed by atoms with Crippen molar-refractivity contribution in [3.8, 4) is 0 Å². The molecule has 0 atom stereocenters. The fourth-order valence-corrected chi connectivity index (χ4v) is 1.22. The van der Waals surface area contributed by atoms with Gasteiger partial charge < -0.3 is 0 Å². The first-order valence-electron chi connectivity index (χ1n) is 3.46. The largest absolute Gasteiger partial charge is 0.252 e. The van der Waals surface area contributed by atoms with Gasteiger partial charge in [0.05, 0.1) is 0 Å². The van der Waals surface area contributed by atoms with Crippen LogP contribution in [0.25, 0.3) is 0 Å². The van der Waals surface area contributed by atoms with Crippen LogP contribution in [-0.4, -0.2) is 6.54 Å². The second-order valence-electron chi connectivity index (χ2n) is 2.18. The molecule has 0 heterocycles. The summed E-state index contributed by atoms with van der Waals surface area (Å²) in [6.45, 7) is 3.01. The van der Waals surface area contributed by atoms with E-state index < -0.39 is 0 Å². The van der Waals surface area contributed by atoms with Gasteiger partial charge in [0.25, 0.3) is 0 Å². The summed E-state index contributed by atoms with van der Waals surface area (Å²) in [6.07, 6.45) is 3.53. The van der Waals surface area contributed by atoms with Crippen LogP contribution in [0.1, 0.15) is 26.2 Å². The van der Waals surface area contributed by atoms with Crippen molar-refractivity contribution in [1.29, 1.82) is 0 Å². The van der Waals surface area contributed by atoms with Gasteiger partial charge in [-0.05, 0) is 18.4 Å². The van der Waals surface area contributed by atoms with Gasteiger partial charge in [0.2, 0.25) is 0 Å². The van der Waals surface area contributed by atoms with Crippen molar-refractivity contribution in [2.24, 2.45) is 0 Å². The predicted molar refractivity (Wildman–Crippen MR) is 50.4 cm³/mol. The molecule has 0 amide bonds. The maximum absolute atomic E-state index is 5.56. The summed E-state index contributed by atoms with van der Waals surface area (Å²) in [5, 5.41) is 0. The summed E-state index contributed by atoms with van der Waals surface area (Å²) in [4.78, 5) is 0. The van der Waals surface area contributed by atoms with E-state index in [4.69, 9.17) is 11.6 Å². The van der Waals surface area contributed by atoms with Crippen molar-refractivity contribution in [3.05, 3.63) is 11.1 Å². The Morgan fingerprint density at radius 2 is 2.40 bits per heavy atom. The van der Waals surface area contributed by atoms with E-state index >= 15 is 0 Å². The second-order valence-corrected chi connectivity index (χ2v) is 2.96. The average molecular weight is 227 g/mol. The number of nitrogens with one attached hydrogen (secondary N) is 1. The highest BCUT2D eigenvalue weighted by molar-refractivity contribution is 9.08. The summed E-state index contributed by atoms with van der Waals surface area (Å²) in [5.41, 5.74) is 2.91. The molecule has 0 aliphatic carbocycles. The Hall–Kier alpha value is 0.470. The molecule has 0 fully saturated rings. The predicted octanol–water partition coefficient (Wildman–Crippen LogP) is 3.20. The second kappa shape index (κ2) is 7.58. The van der Waals surface area contributed by atoms with Crippen LogP contribution in [0.4, 0.5) is 0 Å². The van der Waals surface area contributed by atoms with Crippen molar-refractivity contribution in [1.82, 2.24) is 4.34 Å². The highest BCUT2D eigenvalue weighted by atomic mass is 79.9. The minimum Gasteiger partial charge on any atom is -0.252 e. The van der Waals surface area contributed by atoms with Crippen LogP contribution in [0.15, 0.2) is 11.1 Å². The molecule has 0 saturated heterocycles. The first kappa shape index (κ1) is 10.5. The zero-order chi connectivity index (χ0) is 7.82. The summed E-state index contributed by atoms with van der Waals surface area (Å²) < 4.78 is 2.89. The first-order valence-corrected chi connectivity index (χ1v) is 4.69. The number of unbranched alkanes of at least 4 members (excludes halogenated alkanes) is 1. The Morgan fingerprint density at radius 3 is 2.80 bits per heavy atom. The molecular formula is C7H13BrClN. The van der Waals surface area contributed by atoms with Crippen molar-refractivity contribution < 1.29 is 0 Å². The topological polar surface area (TPSA) is 12.0 Å². The van der Waals surface area contributed by atoms with Crippen LogP contribution in [-0.2, 0) is 0 Å². The standard InChI is InChI=1S/C7H13BrClN/c1-2-3-4-7(5-9)6-10-8/h5,10H,2-4,6H2,1H3. The molecule has 0 bridgehead atoms. The van der Waals surface area contributed by atoms with Gasteiger partial charge in [-0.3, -0.25) is 4.34 Å². The Labute approximate surface area is 76.2 Å². The molecule has 0 radical (unpaired) electrons. The molecule has 0 unspecified atom stereocenters. The molecular weight excluding hydrogens is 213 g/mol. The first-order chi connectivity index (χ1) is 4.85. The van der Waals surface area contributed by atoms with Gasteiger partial charge in [-0.2, -0.15) is 0 Å². The average Bonchev–Trinajstić information content (AvgIpc) is 1.98. The van der Waals surface area contributed by atoms with Gasteiger partial charge in [0, 0.05) is 28.2 Å². The van der Waals surface area contributed by atoms with Gasteiger partial charge in [-0.1, -0.05) is 24.9 Å². The maximum Gasteiger partial charge on any atom is 0.0283 e. The van der Waals surface area contributed by atoms with E-state index in [2.05, 4.69) is 27.4 Å². The number of halogens is 2. The van der Waals surface area contributed by atoms with Gasteiger partial charge in [-0.25, -0.2) is 0 Å². The molecule has 0 aliphatic heterocycles. The van der Waals surface area contributed by atoms with E-state index in [1.54, 1.807) is 5.54 Å². The maximum atomic E-state index is 5.56. The summed E-state index contributed by atoms with van der Waals surface area (Å²) in [7, 11) is 0. The molecule has 0 aliphatic rings. The summed E-state index contributed by atoms with van der Waals surface area (Å²) in [6, 6.07) is 0. The fraction of sp³-hybridized carbons (Fsp3) is 0.714. The van der Waals surface area contributed by atoms with Crippen LogP contribution >= 0.6 is 27.7 Å². The summed E-state index contributed by atoms with van der Waals surface area (Å²) >= 11 is 8.69. The molecule has 0 aromatic carbocycles. The van der Waals surface area contributed by atoms with E-state index in [1.165, 1.54) is 18.4 Å².